The van der Waals surface area contributed by atoms with Gasteiger partial charge in [-0.25, -0.2) is 13.4 Å². The molecule has 0 radical (unpaired) electrons. The van der Waals surface area contributed by atoms with Crippen LogP contribution < -0.4 is 10.7 Å². The second-order valence-corrected chi connectivity index (χ2v) is 9.84. The summed E-state index contributed by atoms with van der Waals surface area (Å²) in [5, 5.41) is 3.04. The maximum atomic E-state index is 13.1. The third kappa shape index (κ3) is 4.41. The Hall–Kier alpha value is -3.08. The molecule has 1 N–H and O–H groups in total. The van der Waals surface area contributed by atoms with Crippen molar-refractivity contribution in [3.63, 3.8) is 0 Å². The molecule has 0 saturated carbocycles. The molecule has 0 atom stereocenters. The van der Waals surface area contributed by atoms with Crippen molar-refractivity contribution in [2.24, 2.45) is 0 Å². The predicted molar refractivity (Wildman–Crippen MR) is 125 cm³/mol. The number of hydrogen-bond donors (Lipinski definition) is 1. The minimum Gasteiger partial charge on any atom is -0.379 e. The molecular formula is C23H26N4O5S. The molecule has 1 amide bonds. The first-order valence-electron chi connectivity index (χ1n) is 10.7. The summed E-state index contributed by atoms with van der Waals surface area (Å²) >= 11 is 0. The molecule has 0 spiro atoms. The number of nitrogens with one attached hydrogen (secondary N) is 1. The van der Waals surface area contributed by atoms with Gasteiger partial charge in [0.05, 0.1) is 23.5 Å². The van der Waals surface area contributed by atoms with E-state index in [2.05, 4.69) is 10.3 Å². The van der Waals surface area contributed by atoms with E-state index in [-0.39, 0.29) is 23.5 Å². The molecule has 0 unspecified atom stereocenters. The summed E-state index contributed by atoms with van der Waals surface area (Å²) in [6, 6.07) is 8.09. The number of benzene rings is 1. The number of carbonyl (C=O) groups is 1. The van der Waals surface area contributed by atoms with Gasteiger partial charge in [-0.3, -0.25) is 9.59 Å². The Bertz CT molecular complexity index is 1390. The summed E-state index contributed by atoms with van der Waals surface area (Å²) in [7, 11) is -3.74. The quantitative estimate of drug-likeness (QED) is 0.613. The molecule has 3 aromatic rings. The first kappa shape index (κ1) is 23.1. The molecule has 1 aliphatic heterocycles. The maximum absolute atomic E-state index is 13.1. The van der Waals surface area contributed by atoms with Crippen LogP contribution in [-0.4, -0.2) is 54.5 Å². The zero-order valence-corrected chi connectivity index (χ0v) is 19.6. The molecular weight excluding hydrogens is 444 g/mol. The smallest absolute Gasteiger partial charge is 0.261 e. The molecule has 1 aliphatic rings. The van der Waals surface area contributed by atoms with Crippen LogP contribution >= 0.6 is 0 Å². The van der Waals surface area contributed by atoms with Gasteiger partial charge in [0.2, 0.25) is 15.5 Å². The monoisotopic (exact) mass is 470 g/mol. The van der Waals surface area contributed by atoms with Gasteiger partial charge in [0, 0.05) is 37.2 Å². The normalized spacial score (nSPS) is 15.0. The van der Waals surface area contributed by atoms with Crippen molar-refractivity contribution in [3.05, 3.63) is 63.6 Å². The highest BCUT2D eigenvalue weighted by Crippen LogP contribution is 2.25. The fourth-order valence-corrected chi connectivity index (χ4v) is 5.50. The zero-order chi connectivity index (χ0) is 23.8. The number of aromatic nitrogens is 2. The number of ether oxygens (including phenoxy) is 1. The van der Waals surface area contributed by atoms with Crippen molar-refractivity contribution >= 4 is 32.7 Å². The summed E-state index contributed by atoms with van der Waals surface area (Å²) in [6.45, 7) is 7.21. The largest absolute Gasteiger partial charge is 0.379 e. The van der Waals surface area contributed by atoms with Crippen LogP contribution in [0.3, 0.4) is 0 Å². The molecule has 9 nitrogen and oxygen atoms in total. The van der Waals surface area contributed by atoms with E-state index in [1.165, 1.54) is 16.6 Å². The second kappa shape index (κ2) is 9.05. The number of carbonyl (C=O) groups excluding carboxylic acids is 1. The lowest BCUT2D eigenvalue weighted by Gasteiger charge is -2.26. The van der Waals surface area contributed by atoms with E-state index >= 15 is 0 Å². The van der Waals surface area contributed by atoms with E-state index < -0.39 is 21.4 Å². The minimum absolute atomic E-state index is 0.0341. The Labute approximate surface area is 192 Å². The number of nitrogens with zero attached hydrogens (tertiary/aromatic N) is 3. The van der Waals surface area contributed by atoms with Crippen molar-refractivity contribution in [3.8, 4) is 0 Å². The van der Waals surface area contributed by atoms with Gasteiger partial charge < -0.3 is 14.6 Å². The molecule has 33 heavy (non-hydrogen) atoms. The lowest BCUT2D eigenvalue weighted by molar-refractivity contribution is 0.0730. The van der Waals surface area contributed by atoms with Crippen LogP contribution in [0.4, 0.5) is 5.69 Å². The SMILES string of the molecule is CCn1cc(C(=O)Nc2ccc(C)c(S(=O)(=O)N3CCOCC3)c2)c(=O)c2ccc(C)nc21. The van der Waals surface area contributed by atoms with Gasteiger partial charge in [0.15, 0.2) is 0 Å². The predicted octanol–water partition coefficient (Wildman–Crippen LogP) is 2.31. The molecule has 0 aliphatic carbocycles. The van der Waals surface area contributed by atoms with Gasteiger partial charge >= 0.3 is 0 Å². The third-order valence-corrected chi connectivity index (χ3v) is 7.72. The van der Waals surface area contributed by atoms with Crippen molar-refractivity contribution < 1.29 is 17.9 Å². The van der Waals surface area contributed by atoms with Crippen LogP contribution in [-0.2, 0) is 21.3 Å². The number of morpholine rings is 1. The van der Waals surface area contributed by atoms with Crippen molar-refractivity contribution in [2.45, 2.75) is 32.2 Å². The number of rotatable bonds is 5. The van der Waals surface area contributed by atoms with E-state index in [1.54, 1.807) is 35.8 Å². The van der Waals surface area contributed by atoms with Gasteiger partial charge in [0.1, 0.15) is 11.2 Å². The standard InChI is InChI=1S/C23H26N4O5S/c1-4-26-14-19(21(28)18-8-6-16(3)24-22(18)26)23(29)25-17-7-5-15(2)20(13-17)33(30,31)27-9-11-32-12-10-27/h5-8,13-14H,4,9-12H2,1-3H3,(H,25,29). The first-order chi connectivity index (χ1) is 15.7. The van der Waals surface area contributed by atoms with E-state index in [0.717, 1.165) is 5.69 Å². The lowest BCUT2D eigenvalue weighted by atomic mass is 10.1. The van der Waals surface area contributed by atoms with Crippen molar-refractivity contribution in [2.75, 3.05) is 31.6 Å². The van der Waals surface area contributed by atoms with E-state index in [9.17, 15) is 18.0 Å². The van der Waals surface area contributed by atoms with Crippen LogP contribution in [0.1, 0.15) is 28.5 Å². The topological polar surface area (TPSA) is 111 Å². The van der Waals surface area contributed by atoms with E-state index in [0.29, 0.717) is 42.0 Å². The fourth-order valence-electron chi connectivity index (χ4n) is 3.84. The Morgan fingerprint density at radius 2 is 1.88 bits per heavy atom. The molecule has 10 heteroatoms. The Morgan fingerprint density at radius 3 is 2.58 bits per heavy atom. The van der Waals surface area contributed by atoms with Crippen LogP contribution in [0.25, 0.3) is 11.0 Å². The van der Waals surface area contributed by atoms with Gasteiger partial charge in [0.25, 0.3) is 5.91 Å². The number of amides is 1. The van der Waals surface area contributed by atoms with E-state index in [1.807, 2.05) is 13.8 Å². The molecule has 1 aromatic carbocycles. The number of anilines is 1. The number of sulfonamides is 1. The maximum Gasteiger partial charge on any atom is 0.261 e. The number of fused-ring (bicyclic) bond motifs is 1. The molecule has 1 fully saturated rings. The minimum atomic E-state index is -3.74. The molecule has 0 bridgehead atoms. The number of aryl methyl sites for hydroxylation is 3. The Kier molecular flexibility index (Phi) is 6.33. The van der Waals surface area contributed by atoms with E-state index in [4.69, 9.17) is 4.74 Å². The Morgan fingerprint density at radius 1 is 1.15 bits per heavy atom. The van der Waals surface area contributed by atoms with Gasteiger partial charge in [-0.2, -0.15) is 4.31 Å². The number of hydrogen-bond acceptors (Lipinski definition) is 6. The summed E-state index contributed by atoms with van der Waals surface area (Å²) < 4.78 is 34.6. The van der Waals surface area contributed by atoms with Gasteiger partial charge in [-0.1, -0.05) is 6.07 Å². The third-order valence-electron chi connectivity index (χ3n) is 5.68. The van der Waals surface area contributed by atoms with Crippen LogP contribution in [0, 0.1) is 13.8 Å². The summed E-state index contributed by atoms with van der Waals surface area (Å²) in [5.74, 6) is -0.608. The van der Waals surface area contributed by atoms with Crippen molar-refractivity contribution in [1.82, 2.24) is 13.9 Å². The Balaban J connectivity index is 1.69. The lowest BCUT2D eigenvalue weighted by Crippen LogP contribution is -2.40. The summed E-state index contributed by atoms with van der Waals surface area (Å²) in [5.41, 5.74) is 1.70. The van der Waals surface area contributed by atoms with Gasteiger partial charge in [-0.15, -0.1) is 0 Å². The second-order valence-electron chi connectivity index (χ2n) is 7.93. The van der Waals surface area contributed by atoms with Crippen LogP contribution in [0.5, 0.6) is 0 Å². The van der Waals surface area contributed by atoms with Crippen molar-refractivity contribution in [1.29, 1.82) is 0 Å². The zero-order valence-electron chi connectivity index (χ0n) is 18.8. The highest BCUT2D eigenvalue weighted by molar-refractivity contribution is 7.89. The van der Waals surface area contributed by atoms with Crippen LogP contribution in [0.15, 0.2) is 46.2 Å². The molecule has 1 saturated heterocycles. The molecule has 2 aromatic heterocycles. The average Bonchev–Trinajstić information content (AvgIpc) is 2.81. The summed E-state index contributed by atoms with van der Waals surface area (Å²) in [4.78, 5) is 30.6. The molecule has 4 rings (SSSR count). The average molecular weight is 471 g/mol. The highest BCUT2D eigenvalue weighted by atomic mass is 32.2. The van der Waals surface area contributed by atoms with Gasteiger partial charge in [-0.05, 0) is 50.6 Å². The highest BCUT2D eigenvalue weighted by Gasteiger charge is 2.28. The fraction of sp³-hybridized carbons (Fsp3) is 0.348. The number of pyridine rings is 2. The molecule has 3 heterocycles. The van der Waals surface area contributed by atoms with Crippen LogP contribution in [0.2, 0.25) is 0 Å². The first-order valence-corrected chi connectivity index (χ1v) is 12.2. The summed E-state index contributed by atoms with van der Waals surface area (Å²) in [6.07, 6.45) is 1.49. The molecule has 174 valence electrons.